The lowest BCUT2D eigenvalue weighted by Gasteiger charge is -2.01. The molecule has 2 heterocycles. The van der Waals surface area contributed by atoms with Crippen LogP contribution in [0, 0.1) is 6.92 Å². The van der Waals surface area contributed by atoms with E-state index in [1.165, 1.54) is 5.56 Å². The molecule has 0 spiro atoms. The molecule has 5 nitrogen and oxygen atoms in total. The van der Waals surface area contributed by atoms with E-state index in [1.807, 2.05) is 65.5 Å². The van der Waals surface area contributed by atoms with Crippen LogP contribution in [0.2, 0.25) is 5.02 Å². The third-order valence-corrected chi connectivity index (χ3v) is 5.06. The summed E-state index contributed by atoms with van der Waals surface area (Å²) < 4.78 is 7.84. The predicted octanol–water partition coefficient (Wildman–Crippen LogP) is 6.22. The van der Waals surface area contributed by atoms with Crippen molar-refractivity contribution in [3.63, 3.8) is 0 Å². The monoisotopic (exact) mass is 412 g/mol. The van der Waals surface area contributed by atoms with Gasteiger partial charge in [-0.2, -0.15) is 5.10 Å². The molecule has 0 unspecified atom stereocenters. The van der Waals surface area contributed by atoms with Crippen LogP contribution in [0.1, 0.15) is 5.56 Å². The van der Waals surface area contributed by atoms with Gasteiger partial charge in [-0.3, -0.25) is 0 Å². The Morgan fingerprint density at radius 2 is 1.43 bits per heavy atom. The van der Waals surface area contributed by atoms with Gasteiger partial charge < -0.3 is 4.42 Å². The summed E-state index contributed by atoms with van der Waals surface area (Å²) in [5, 5.41) is 14.0. The van der Waals surface area contributed by atoms with E-state index in [0.717, 1.165) is 28.1 Å². The number of halogens is 1. The van der Waals surface area contributed by atoms with E-state index in [0.29, 0.717) is 16.8 Å². The maximum absolute atomic E-state index is 6.01. The smallest absolute Gasteiger partial charge is 0.251 e. The van der Waals surface area contributed by atoms with Crippen LogP contribution in [0.5, 0.6) is 0 Å². The Morgan fingerprint density at radius 3 is 2.17 bits per heavy atom. The molecule has 6 heteroatoms. The van der Waals surface area contributed by atoms with Crippen LogP contribution in [-0.2, 0) is 0 Å². The van der Waals surface area contributed by atoms with Gasteiger partial charge in [0.2, 0.25) is 5.89 Å². The quantitative estimate of drug-likeness (QED) is 0.351. The maximum atomic E-state index is 6.01. The van der Waals surface area contributed by atoms with Crippen molar-refractivity contribution in [3.8, 4) is 39.9 Å². The first-order valence-electron chi connectivity index (χ1n) is 9.49. The van der Waals surface area contributed by atoms with Gasteiger partial charge in [-0.15, -0.1) is 10.2 Å². The highest BCUT2D eigenvalue weighted by Crippen LogP contribution is 2.33. The Labute approximate surface area is 178 Å². The van der Waals surface area contributed by atoms with Crippen LogP contribution in [0.25, 0.3) is 39.9 Å². The number of para-hydroxylation sites is 1. The minimum Gasteiger partial charge on any atom is -0.416 e. The standard InChI is InChI=1S/C24H17ClN4O/c1-16-7-9-17(10-8-16)22-21(15-29(28-22)20-5-3-2-4-6-20)24-27-26-23(30-24)18-11-13-19(25)14-12-18/h2-15H,1H3. The van der Waals surface area contributed by atoms with Crippen LogP contribution in [0.4, 0.5) is 0 Å². The average Bonchev–Trinajstić information content (AvgIpc) is 3.43. The zero-order valence-corrected chi connectivity index (χ0v) is 16.9. The lowest BCUT2D eigenvalue weighted by Crippen LogP contribution is -1.93. The van der Waals surface area contributed by atoms with Gasteiger partial charge in [-0.25, -0.2) is 4.68 Å². The Morgan fingerprint density at radius 1 is 0.767 bits per heavy atom. The third kappa shape index (κ3) is 3.51. The fourth-order valence-corrected chi connectivity index (χ4v) is 3.34. The minimum absolute atomic E-state index is 0.415. The number of benzene rings is 3. The Bertz CT molecular complexity index is 1290. The molecule has 0 aliphatic carbocycles. The van der Waals surface area contributed by atoms with Crippen LogP contribution < -0.4 is 0 Å². The van der Waals surface area contributed by atoms with E-state index in [1.54, 1.807) is 12.1 Å². The molecule has 0 amide bonds. The van der Waals surface area contributed by atoms with Crippen molar-refractivity contribution in [3.05, 3.63) is 95.6 Å². The van der Waals surface area contributed by atoms with Crippen molar-refractivity contribution >= 4 is 11.6 Å². The summed E-state index contributed by atoms with van der Waals surface area (Å²) in [6, 6.07) is 25.5. The lowest BCUT2D eigenvalue weighted by molar-refractivity contribution is 0.585. The molecule has 0 aliphatic rings. The molecule has 0 N–H and O–H groups in total. The van der Waals surface area contributed by atoms with Crippen molar-refractivity contribution in [2.75, 3.05) is 0 Å². The molecule has 0 fully saturated rings. The Balaban J connectivity index is 1.62. The fourth-order valence-electron chi connectivity index (χ4n) is 3.21. The molecule has 0 aliphatic heterocycles. The Kier molecular flexibility index (Phi) is 4.65. The number of hydrogen-bond acceptors (Lipinski definition) is 4. The predicted molar refractivity (Wildman–Crippen MR) is 117 cm³/mol. The van der Waals surface area contributed by atoms with Crippen LogP contribution >= 0.6 is 11.6 Å². The topological polar surface area (TPSA) is 56.7 Å². The second-order valence-corrected chi connectivity index (χ2v) is 7.39. The molecule has 0 bridgehead atoms. The van der Waals surface area contributed by atoms with Gasteiger partial charge in [0, 0.05) is 22.3 Å². The highest BCUT2D eigenvalue weighted by Gasteiger charge is 2.20. The summed E-state index contributed by atoms with van der Waals surface area (Å²) in [4.78, 5) is 0. The summed E-state index contributed by atoms with van der Waals surface area (Å²) in [6.07, 6.45) is 1.92. The van der Waals surface area contributed by atoms with E-state index < -0.39 is 0 Å². The minimum atomic E-state index is 0.415. The average molecular weight is 413 g/mol. The van der Waals surface area contributed by atoms with E-state index in [4.69, 9.17) is 21.1 Å². The fraction of sp³-hybridized carbons (Fsp3) is 0.0417. The van der Waals surface area contributed by atoms with Crippen LogP contribution in [-0.4, -0.2) is 20.0 Å². The highest BCUT2D eigenvalue weighted by atomic mass is 35.5. The summed E-state index contributed by atoms with van der Waals surface area (Å²) in [5.41, 5.74) is 5.49. The molecule has 146 valence electrons. The molecule has 2 aromatic heterocycles. The summed E-state index contributed by atoms with van der Waals surface area (Å²) in [5.74, 6) is 0.849. The molecule has 5 rings (SSSR count). The molecule has 0 saturated heterocycles. The molecule has 5 aromatic rings. The molecular weight excluding hydrogens is 396 g/mol. The van der Waals surface area contributed by atoms with Gasteiger partial charge >= 0.3 is 0 Å². The second-order valence-electron chi connectivity index (χ2n) is 6.96. The van der Waals surface area contributed by atoms with E-state index in [2.05, 4.69) is 29.3 Å². The van der Waals surface area contributed by atoms with Gasteiger partial charge in [0.1, 0.15) is 5.69 Å². The highest BCUT2D eigenvalue weighted by molar-refractivity contribution is 6.30. The lowest BCUT2D eigenvalue weighted by atomic mass is 10.1. The van der Waals surface area contributed by atoms with Gasteiger partial charge in [-0.05, 0) is 43.3 Å². The third-order valence-electron chi connectivity index (χ3n) is 4.81. The van der Waals surface area contributed by atoms with Gasteiger partial charge in [0.05, 0.1) is 11.3 Å². The van der Waals surface area contributed by atoms with Crippen molar-refractivity contribution in [2.24, 2.45) is 0 Å². The molecule has 0 atom stereocenters. The first kappa shape index (κ1) is 18.3. The number of aromatic nitrogens is 4. The van der Waals surface area contributed by atoms with Crippen LogP contribution in [0.3, 0.4) is 0 Å². The van der Waals surface area contributed by atoms with E-state index in [-0.39, 0.29) is 0 Å². The number of nitrogens with zero attached hydrogens (tertiary/aromatic N) is 4. The summed E-state index contributed by atoms with van der Waals surface area (Å²) in [6.45, 7) is 2.06. The molecule has 3 aromatic carbocycles. The number of hydrogen-bond donors (Lipinski definition) is 0. The molecule has 0 radical (unpaired) electrons. The molecular formula is C24H17ClN4O. The SMILES string of the molecule is Cc1ccc(-c2nn(-c3ccccc3)cc2-c2nnc(-c3ccc(Cl)cc3)o2)cc1. The summed E-state index contributed by atoms with van der Waals surface area (Å²) >= 11 is 5.98. The van der Waals surface area contributed by atoms with Crippen molar-refractivity contribution in [1.82, 2.24) is 20.0 Å². The van der Waals surface area contributed by atoms with Crippen molar-refractivity contribution in [1.29, 1.82) is 0 Å². The largest absolute Gasteiger partial charge is 0.416 e. The van der Waals surface area contributed by atoms with Gasteiger partial charge in [0.15, 0.2) is 0 Å². The Hall–Kier alpha value is -3.70. The van der Waals surface area contributed by atoms with Crippen molar-refractivity contribution in [2.45, 2.75) is 6.92 Å². The maximum Gasteiger partial charge on any atom is 0.251 e. The number of aryl methyl sites for hydroxylation is 1. The molecule has 30 heavy (non-hydrogen) atoms. The van der Waals surface area contributed by atoms with E-state index in [9.17, 15) is 0 Å². The molecule has 0 saturated carbocycles. The van der Waals surface area contributed by atoms with Crippen molar-refractivity contribution < 1.29 is 4.42 Å². The first-order chi connectivity index (χ1) is 14.7. The zero-order chi connectivity index (χ0) is 20.5. The van der Waals surface area contributed by atoms with Crippen LogP contribution in [0.15, 0.2) is 89.5 Å². The first-order valence-corrected chi connectivity index (χ1v) is 9.87. The second kappa shape index (κ2) is 7.61. The normalized spacial score (nSPS) is 11.0. The summed E-state index contributed by atoms with van der Waals surface area (Å²) in [7, 11) is 0. The zero-order valence-electron chi connectivity index (χ0n) is 16.2. The number of rotatable bonds is 4. The van der Waals surface area contributed by atoms with E-state index >= 15 is 0 Å². The van der Waals surface area contributed by atoms with Gasteiger partial charge in [0.25, 0.3) is 5.89 Å². The van der Waals surface area contributed by atoms with Gasteiger partial charge in [-0.1, -0.05) is 59.6 Å².